The molecule has 0 spiro atoms. The molecule has 3 N–H and O–H groups in total. The van der Waals surface area contributed by atoms with Gasteiger partial charge in [0, 0.05) is 0 Å². The lowest BCUT2D eigenvalue weighted by Gasteiger charge is -1.82. The molecule has 0 bridgehead atoms. The normalized spacial score (nSPS) is 10.1. The first-order valence-electron chi connectivity index (χ1n) is 1.89. The molecule has 0 aliphatic carbocycles. The Labute approximate surface area is 67.8 Å². The zero-order valence-electron chi connectivity index (χ0n) is 4.78. The Kier molecular flexibility index (Phi) is 10.3. The quantitative estimate of drug-likeness (QED) is 0.458. The summed E-state index contributed by atoms with van der Waals surface area (Å²) in [6.07, 6.45) is 0. The molecule has 0 rings (SSSR count). The molecule has 0 heterocycles. The summed E-state index contributed by atoms with van der Waals surface area (Å²) in [5.41, 5.74) is 0. The summed E-state index contributed by atoms with van der Waals surface area (Å²) in [6.45, 7) is 0. The van der Waals surface area contributed by atoms with Crippen molar-refractivity contribution in [1.29, 1.82) is 0 Å². The van der Waals surface area contributed by atoms with E-state index in [0.717, 1.165) is 0 Å². The van der Waals surface area contributed by atoms with E-state index in [0.29, 0.717) is 0 Å². The van der Waals surface area contributed by atoms with Crippen LogP contribution in [0.15, 0.2) is 0 Å². The van der Waals surface area contributed by atoms with E-state index in [9.17, 15) is 0 Å². The third-order valence-corrected chi connectivity index (χ3v) is 0.463. The number of hydrogen-bond acceptors (Lipinski definition) is 2. The fraction of sp³-hybridized carbons (Fsp3) is 1.00. The average molecular weight is 213 g/mol. The minimum atomic E-state index is -4.64. The van der Waals surface area contributed by atoms with Gasteiger partial charge in [0.25, 0.3) is 0 Å². The Morgan fingerprint density at radius 2 is 1.40 bits per heavy atom. The highest BCUT2D eigenvalue weighted by Gasteiger charge is 2.00. The molecule has 0 amide bonds. The second-order valence-electron chi connectivity index (χ2n) is 0.936. The van der Waals surface area contributed by atoms with Gasteiger partial charge in [0.1, 0.15) is 12.1 Å². The average Bonchev–Trinajstić information content (AvgIpc) is 1.63. The van der Waals surface area contributed by atoms with Crippen LogP contribution in [0.3, 0.4) is 0 Å². The molecule has 0 aromatic rings. The van der Waals surface area contributed by atoms with Gasteiger partial charge in [-0.1, -0.05) is 23.2 Å². The second-order valence-corrected chi connectivity index (χ2v) is 2.40. The van der Waals surface area contributed by atoms with Gasteiger partial charge in [-0.3, -0.25) is 0 Å². The maximum absolute atomic E-state index is 8.88. The van der Waals surface area contributed by atoms with E-state index in [4.69, 9.17) is 42.4 Å². The molecule has 10 heavy (non-hydrogen) atoms. The van der Waals surface area contributed by atoms with Gasteiger partial charge in [0.05, 0.1) is 0 Å². The molecule has 0 aromatic carbocycles. The molecule has 0 radical (unpaired) electrons. The summed E-state index contributed by atoms with van der Waals surface area (Å²) < 4.78 is 13.2. The third-order valence-electron chi connectivity index (χ3n) is 0.154. The molecule has 0 saturated heterocycles. The van der Waals surface area contributed by atoms with E-state index < -0.39 is 7.82 Å². The zero-order chi connectivity index (χ0) is 8.62. The largest absolute Gasteiger partial charge is 0.466 e. The topological polar surface area (TPSA) is 87.0 Å². The molecule has 0 aliphatic heterocycles. The predicted molar refractivity (Wildman–Crippen MR) is 36.8 cm³/mol. The van der Waals surface area contributed by atoms with Crippen LogP contribution in [0, 0.1) is 0 Å². The van der Waals surface area contributed by atoms with Crippen LogP contribution in [-0.4, -0.2) is 26.8 Å². The minimum absolute atomic E-state index is 0.184. The summed E-state index contributed by atoms with van der Waals surface area (Å²) in [5.74, 6) is 0. The van der Waals surface area contributed by atoms with Crippen LogP contribution in [0.2, 0.25) is 0 Å². The van der Waals surface area contributed by atoms with E-state index >= 15 is 0 Å². The number of ether oxygens (including phenoxy) is 1. The van der Waals surface area contributed by atoms with Crippen LogP contribution in [0.5, 0.6) is 0 Å². The van der Waals surface area contributed by atoms with Crippen molar-refractivity contribution in [3.8, 4) is 0 Å². The van der Waals surface area contributed by atoms with Gasteiger partial charge in [-0.15, -0.1) is 0 Å². The first-order chi connectivity index (χ1) is 4.41. The number of phosphoric acid groups is 1. The second kappa shape index (κ2) is 7.75. The molecule has 64 valence electrons. The van der Waals surface area contributed by atoms with Gasteiger partial charge in [0.2, 0.25) is 0 Å². The van der Waals surface area contributed by atoms with Crippen molar-refractivity contribution in [2.24, 2.45) is 0 Å². The summed E-state index contributed by atoms with van der Waals surface area (Å²) in [4.78, 5) is 21.6. The number of halogens is 2. The smallest absolute Gasteiger partial charge is 0.350 e. The standard InChI is InChI=1S/C2H4Cl2O.H3O4P/c3-1-5-2-4;1-5(2,3)4/h1-2H2;(H3,1,2,3,4). The molecular formula is C2H7Cl2O5P. The molecule has 0 aliphatic rings. The Morgan fingerprint density at radius 1 is 1.20 bits per heavy atom. The lowest BCUT2D eigenvalue weighted by atomic mass is 11.5. The number of rotatable bonds is 2. The van der Waals surface area contributed by atoms with Gasteiger partial charge in [-0.05, 0) is 0 Å². The highest BCUT2D eigenvalue weighted by atomic mass is 35.5. The van der Waals surface area contributed by atoms with Crippen LogP contribution in [0.25, 0.3) is 0 Å². The van der Waals surface area contributed by atoms with Crippen molar-refractivity contribution >= 4 is 31.0 Å². The molecule has 0 aromatic heterocycles. The van der Waals surface area contributed by atoms with E-state index in [2.05, 4.69) is 4.74 Å². The monoisotopic (exact) mass is 212 g/mol. The Balaban J connectivity index is 0. The van der Waals surface area contributed by atoms with Crippen molar-refractivity contribution in [1.82, 2.24) is 0 Å². The molecule has 5 nitrogen and oxygen atoms in total. The van der Waals surface area contributed by atoms with Gasteiger partial charge < -0.3 is 19.4 Å². The fourth-order valence-electron chi connectivity index (χ4n) is 0.0292. The Hall–Kier alpha value is 0.650. The highest BCUT2D eigenvalue weighted by molar-refractivity contribution is 7.45. The summed E-state index contributed by atoms with van der Waals surface area (Å²) >= 11 is 9.99. The number of alkyl halides is 2. The van der Waals surface area contributed by atoms with Crippen molar-refractivity contribution in [2.75, 3.05) is 12.1 Å². The van der Waals surface area contributed by atoms with Gasteiger partial charge in [0.15, 0.2) is 0 Å². The van der Waals surface area contributed by atoms with Crippen molar-refractivity contribution in [3.05, 3.63) is 0 Å². The van der Waals surface area contributed by atoms with Crippen LogP contribution in [0.1, 0.15) is 0 Å². The minimum Gasteiger partial charge on any atom is -0.350 e. The van der Waals surface area contributed by atoms with Crippen LogP contribution >= 0.6 is 31.0 Å². The first-order valence-corrected chi connectivity index (χ1v) is 4.53. The summed E-state index contributed by atoms with van der Waals surface area (Å²) in [7, 11) is -4.64. The maximum atomic E-state index is 8.88. The maximum Gasteiger partial charge on any atom is 0.466 e. The predicted octanol–water partition coefficient (Wildman–Crippen LogP) is 0.467. The first kappa shape index (κ1) is 13.3. The zero-order valence-corrected chi connectivity index (χ0v) is 7.18. The SMILES string of the molecule is ClCOCCl.O=P(O)(O)O. The molecule has 0 unspecified atom stereocenters. The van der Waals surface area contributed by atoms with E-state index in [-0.39, 0.29) is 12.1 Å². The summed E-state index contributed by atoms with van der Waals surface area (Å²) in [5, 5.41) is 0. The van der Waals surface area contributed by atoms with Gasteiger partial charge in [-0.25, -0.2) is 4.57 Å². The van der Waals surface area contributed by atoms with Crippen molar-refractivity contribution in [2.45, 2.75) is 0 Å². The molecule has 0 atom stereocenters. The summed E-state index contributed by atoms with van der Waals surface area (Å²) in [6, 6.07) is 0.368. The van der Waals surface area contributed by atoms with E-state index in [1.54, 1.807) is 0 Å². The van der Waals surface area contributed by atoms with Gasteiger partial charge in [-0.2, -0.15) is 0 Å². The highest BCUT2D eigenvalue weighted by Crippen LogP contribution is 2.25. The van der Waals surface area contributed by atoms with Crippen LogP contribution in [-0.2, 0) is 9.30 Å². The van der Waals surface area contributed by atoms with Crippen LogP contribution < -0.4 is 0 Å². The fourth-order valence-corrected chi connectivity index (χ4v) is 0.262. The van der Waals surface area contributed by atoms with Crippen molar-refractivity contribution in [3.63, 3.8) is 0 Å². The Morgan fingerprint density at radius 3 is 1.40 bits per heavy atom. The Bertz CT molecular complexity index is 91.6. The van der Waals surface area contributed by atoms with Gasteiger partial charge >= 0.3 is 7.82 Å². The van der Waals surface area contributed by atoms with Crippen molar-refractivity contribution < 1.29 is 24.0 Å². The van der Waals surface area contributed by atoms with E-state index in [1.807, 2.05) is 0 Å². The lowest BCUT2D eigenvalue weighted by molar-refractivity contribution is 0.232. The molecule has 0 saturated carbocycles. The molecule has 8 heteroatoms. The lowest BCUT2D eigenvalue weighted by Crippen LogP contribution is -1.78. The number of hydrogen-bond donors (Lipinski definition) is 3. The van der Waals surface area contributed by atoms with Crippen LogP contribution in [0.4, 0.5) is 0 Å². The third kappa shape index (κ3) is 72.1. The molecule has 0 fully saturated rings. The van der Waals surface area contributed by atoms with E-state index in [1.165, 1.54) is 0 Å². The molecular weight excluding hydrogens is 206 g/mol.